The lowest BCUT2D eigenvalue weighted by Gasteiger charge is -1.99. The van der Waals surface area contributed by atoms with Crippen LogP contribution in [0.3, 0.4) is 0 Å². The Hall–Kier alpha value is -2.31. The number of nitrogens with zero attached hydrogens (tertiary/aromatic N) is 3. The highest BCUT2D eigenvalue weighted by atomic mass is 35.5. The van der Waals surface area contributed by atoms with E-state index < -0.39 is 0 Å². The van der Waals surface area contributed by atoms with Gasteiger partial charge < -0.3 is 0 Å². The van der Waals surface area contributed by atoms with Gasteiger partial charge in [0, 0.05) is 10.6 Å². The molecule has 3 nitrogen and oxygen atoms in total. The minimum absolute atomic E-state index is 0.635. The van der Waals surface area contributed by atoms with E-state index in [0.717, 1.165) is 16.6 Å². The van der Waals surface area contributed by atoms with E-state index in [-0.39, 0.29) is 0 Å². The van der Waals surface area contributed by atoms with Crippen LogP contribution < -0.4 is 0 Å². The molecule has 1 aromatic heterocycles. The molecule has 0 bridgehead atoms. The van der Waals surface area contributed by atoms with E-state index >= 15 is 0 Å². The van der Waals surface area contributed by atoms with E-state index in [1.807, 2.05) is 36.4 Å². The van der Waals surface area contributed by atoms with Crippen molar-refractivity contribution in [2.75, 3.05) is 0 Å². The number of nitriles is 1. The van der Waals surface area contributed by atoms with E-state index in [9.17, 15) is 5.26 Å². The van der Waals surface area contributed by atoms with Crippen LogP contribution in [0.25, 0.3) is 22.4 Å². The van der Waals surface area contributed by atoms with Gasteiger partial charge in [0.05, 0.1) is 11.0 Å². The van der Waals surface area contributed by atoms with Crippen LogP contribution in [-0.2, 0) is 0 Å². The highest BCUT2D eigenvalue weighted by Gasteiger charge is 2.11. The predicted octanol–water partition coefficient (Wildman–Crippen LogP) is 3.69. The van der Waals surface area contributed by atoms with E-state index in [2.05, 4.69) is 11.2 Å². The molecule has 0 spiro atoms. The van der Waals surface area contributed by atoms with Gasteiger partial charge in [0.25, 0.3) is 0 Å². The monoisotopic (exact) mass is 253 g/mol. The first-order chi connectivity index (χ1) is 8.79. The number of imidazole rings is 1. The van der Waals surface area contributed by atoms with Gasteiger partial charge in [-0.05, 0) is 36.4 Å². The lowest BCUT2D eigenvalue weighted by molar-refractivity contribution is 1.12. The van der Waals surface area contributed by atoms with Crippen LogP contribution in [0.15, 0.2) is 48.5 Å². The van der Waals surface area contributed by atoms with Crippen molar-refractivity contribution in [2.45, 2.75) is 0 Å². The fraction of sp³-hybridized carbons (Fsp3) is 0. The first-order valence-corrected chi connectivity index (χ1v) is 5.81. The zero-order chi connectivity index (χ0) is 12.5. The zero-order valence-corrected chi connectivity index (χ0v) is 10.1. The third-order valence-corrected chi connectivity index (χ3v) is 3.02. The maximum Gasteiger partial charge on any atom is 0.190 e. The lowest BCUT2D eigenvalue weighted by atomic mass is 10.2. The summed E-state index contributed by atoms with van der Waals surface area (Å²) in [5, 5.41) is 9.93. The van der Waals surface area contributed by atoms with E-state index in [0.29, 0.717) is 10.8 Å². The third kappa shape index (κ3) is 1.64. The summed E-state index contributed by atoms with van der Waals surface area (Å²) in [7, 11) is 0. The molecule has 0 aliphatic heterocycles. The first-order valence-electron chi connectivity index (χ1n) is 5.43. The number of halogens is 1. The highest BCUT2D eigenvalue weighted by molar-refractivity contribution is 6.30. The van der Waals surface area contributed by atoms with Crippen molar-refractivity contribution < 1.29 is 0 Å². The lowest BCUT2D eigenvalue weighted by Crippen LogP contribution is -1.92. The van der Waals surface area contributed by atoms with Crippen molar-refractivity contribution in [3.63, 3.8) is 0 Å². The maximum atomic E-state index is 9.27. The van der Waals surface area contributed by atoms with E-state index in [1.165, 1.54) is 4.57 Å². The van der Waals surface area contributed by atoms with Crippen LogP contribution in [0.5, 0.6) is 0 Å². The number of fused-ring (bicyclic) bond motifs is 1. The Morgan fingerprint density at radius 1 is 1.06 bits per heavy atom. The molecule has 1 heterocycles. The second-order valence-electron chi connectivity index (χ2n) is 3.87. The van der Waals surface area contributed by atoms with Gasteiger partial charge in [-0.1, -0.05) is 23.7 Å². The summed E-state index contributed by atoms with van der Waals surface area (Å²) in [4.78, 5) is 4.48. The number of benzene rings is 2. The molecule has 0 fully saturated rings. The fourth-order valence-corrected chi connectivity index (χ4v) is 2.05. The normalized spacial score (nSPS) is 10.4. The summed E-state index contributed by atoms with van der Waals surface area (Å²) >= 11 is 5.86. The third-order valence-electron chi connectivity index (χ3n) is 2.76. The molecule has 0 amide bonds. The molecule has 2 aromatic carbocycles. The molecule has 4 heteroatoms. The van der Waals surface area contributed by atoms with Crippen LogP contribution in [-0.4, -0.2) is 9.55 Å². The van der Waals surface area contributed by atoms with Crippen molar-refractivity contribution >= 4 is 22.6 Å². The molecular formula is C14H8ClN3. The molecule has 0 saturated carbocycles. The van der Waals surface area contributed by atoms with Crippen molar-refractivity contribution in [2.24, 2.45) is 0 Å². The van der Waals surface area contributed by atoms with Crippen molar-refractivity contribution in [1.29, 1.82) is 5.26 Å². The summed E-state index contributed by atoms with van der Waals surface area (Å²) < 4.78 is 1.53. The minimum atomic E-state index is 0.635. The molecule has 0 aliphatic carbocycles. The summed E-state index contributed by atoms with van der Waals surface area (Å²) in [6.45, 7) is 0. The molecule has 3 rings (SSSR count). The van der Waals surface area contributed by atoms with Gasteiger partial charge in [0.1, 0.15) is 0 Å². The van der Waals surface area contributed by atoms with Crippen molar-refractivity contribution in [1.82, 2.24) is 9.55 Å². The number of para-hydroxylation sites is 2. The molecule has 0 saturated heterocycles. The highest BCUT2D eigenvalue weighted by Crippen LogP contribution is 2.24. The Bertz CT molecular complexity index is 751. The summed E-state index contributed by atoms with van der Waals surface area (Å²) in [6.07, 6.45) is 2.15. The number of rotatable bonds is 1. The average molecular weight is 254 g/mol. The molecule has 0 unspecified atom stereocenters. The SMILES string of the molecule is N#Cn1c(-c2ccc(Cl)cc2)nc2ccccc21. The maximum absolute atomic E-state index is 9.27. The van der Waals surface area contributed by atoms with E-state index in [1.54, 1.807) is 12.1 Å². The Morgan fingerprint density at radius 2 is 1.78 bits per heavy atom. The Labute approximate surface area is 109 Å². The smallest absolute Gasteiger partial charge is 0.190 e. The van der Waals surface area contributed by atoms with Gasteiger partial charge in [-0.15, -0.1) is 0 Å². The quantitative estimate of drug-likeness (QED) is 0.664. The van der Waals surface area contributed by atoms with Crippen LogP contribution in [0.1, 0.15) is 0 Å². The van der Waals surface area contributed by atoms with E-state index in [4.69, 9.17) is 11.6 Å². The fourth-order valence-electron chi connectivity index (χ4n) is 1.92. The largest absolute Gasteiger partial charge is 0.228 e. The van der Waals surface area contributed by atoms with Gasteiger partial charge in [-0.2, -0.15) is 5.26 Å². The van der Waals surface area contributed by atoms with Crippen LogP contribution in [0.4, 0.5) is 0 Å². The number of hydrogen-bond donors (Lipinski definition) is 0. The number of hydrogen-bond acceptors (Lipinski definition) is 2. The molecule has 0 N–H and O–H groups in total. The topological polar surface area (TPSA) is 41.6 Å². The molecular weight excluding hydrogens is 246 g/mol. The van der Waals surface area contributed by atoms with Crippen molar-refractivity contribution in [3.05, 3.63) is 53.6 Å². The number of aromatic nitrogens is 2. The standard InChI is InChI=1S/C14H8ClN3/c15-11-7-5-10(6-8-11)14-17-12-3-1-2-4-13(12)18(14)9-16/h1-8H. The Kier molecular flexibility index (Phi) is 2.51. The van der Waals surface area contributed by atoms with Gasteiger partial charge in [-0.3, -0.25) is 0 Å². The predicted molar refractivity (Wildman–Crippen MR) is 71.2 cm³/mol. The molecule has 0 radical (unpaired) electrons. The van der Waals surface area contributed by atoms with Crippen LogP contribution in [0.2, 0.25) is 5.02 Å². The zero-order valence-electron chi connectivity index (χ0n) is 9.34. The molecule has 0 atom stereocenters. The minimum Gasteiger partial charge on any atom is -0.228 e. The summed E-state index contributed by atoms with van der Waals surface area (Å²) in [5.41, 5.74) is 2.49. The molecule has 86 valence electrons. The Morgan fingerprint density at radius 3 is 2.50 bits per heavy atom. The Balaban J connectivity index is 2.29. The second-order valence-corrected chi connectivity index (χ2v) is 4.30. The van der Waals surface area contributed by atoms with Gasteiger partial charge in [0.15, 0.2) is 12.0 Å². The van der Waals surface area contributed by atoms with Gasteiger partial charge in [-0.25, -0.2) is 9.55 Å². The molecule has 0 aliphatic rings. The average Bonchev–Trinajstić information content (AvgIpc) is 2.78. The summed E-state index contributed by atoms with van der Waals surface area (Å²) in [6, 6.07) is 14.9. The molecule has 18 heavy (non-hydrogen) atoms. The first kappa shape index (κ1) is 10.8. The van der Waals surface area contributed by atoms with Crippen LogP contribution in [0, 0.1) is 11.5 Å². The molecule has 3 aromatic rings. The van der Waals surface area contributed by atoms with Crippen LogP contribution >= 0.6 is 11.6 Å². The summed E-state index contributed by atoms with van der Waals surface area (Å²) in [5.74, 6) is 0.635. The van der Waals surface area contributed by atoms with Gasteiger partial charge >= 0.3 is 0 Å². The van der Waals surface area contributed by atoms with Gasteiger partial charge in [0.2, 0.25) is 0 Å². The van der Waals surface area contributed by atoms with Crippen molar-refractivity contribution in [3.8, 4) is 17.6 Å². The second kappa shape index (κ2) is 4.17.